The molecule has 3 N–H and O–H groups in total. The Morgan fingerprint density at radius 2 is 2.09 bits per heavy atom. The summed E-state index contributed by atoms with van der Waals surface area (Å²) in [6.45, 7) is 0. The number of aromatic hydroxyl groups is 1. The van der Waals surface area contributed by atoms with Crippen molar-refractivity contribution in [2.75, 3.05) is 0 Å². The van der Waals surface area contributed by atoms with E-state index in [1.807, 2.05) is 0 Å². The number of thioether (sulfide) groups is 1. The summed E-state index contributed by atoms with van der Waals surface area (Å²) in [4.78, 5) is 24.8. The zero-order valence-corrected chi connectivity index (χ0v) is 13.1. The van der Waals surface area contributed by atoms with E-state index < -0.39 is 0 Å². The van der Waals surface area contributed by atoms with Crippen molar-refractivity contribution in [3.8, 4) is 5.75 Å². The molecule has 4 nitrogen and oxygen atoms in total. The van der Waals surface area contributed by atoms with Gasteiger partial charge in [-0.05, 0) is 37.0 Å². The molecular formula is C17H19NO3S. The third-order valence-electron chi connectivity index (χ3n) is 4.28. The van der Waals surface area contributed by atoms with E-state index in [0.29, 0.717) is 16.4 Å². The topological polar surface area (TPSA) is 80.4 Å². The summed E-state index contributed by atoms with van der Waals surface area (Å²) in [5.74, 6) is -0.404. The van der Waals surface area contributed by atoms with Crippen LogP contribution in [-0.4, -0.2) is 27.3 Å². The summed E-state index contributed by atoms with van der Waals surface area (Å²) < 4.78 is 0. The Morgan fingerprint density at radius 1 is 1.27 bits per heavy atom. The monoisotopic (exact) mass is 317 g/mol. The highest BCUT2D eigenvalue weighted by atomic mass is 32.2. The van der Waals surface area contributed by atoms with Crippen molar-refractivity contribution in [1.29, 1.82) is 0 Å². The molecule has 0 amide bonds. The first-order chi connectivity index (χ1) is 10.6. The summed E-state index contributed by atoms with van der Waals surface area (Å²) in [6.07, 6.45) is 4.09. The van der Waals surface area contributed by atoms with Gasteiger partial charge in [0.15, 0.2) is 11.6 Å². The van der Waals surface area contributed by atoms with Crippen LogP contribution in [-0.2, 0) is 4.79 Å². The molecule has 1 aliphatic carbocycles. The first kappa shape index (κ1) is 15.3. The summed E-state index contributed by atoms with van der Waals surface area (Å²) in [7, 11) is 0. The van der Waals surface area contributed by atoms with Crippen molar-refractivity contribution in [3.63, 3.8) is 0 Å². The Labute approximate surface area is 133 Å². The first-order valence-electron chi connectivity index (χ1n) is 7.55. The molecule has 3 rings (SSSR count). The van der Waals surface area contributed by atoms with E-state index >= 15 is 0 Å². The third-order valence-corrected chi connectivity index (χ3v) is 5.66. The number of hydrogen-bond acceptors (Lipinski definition) is 5. The summed E-state index contributed by atoms with van der Waals surface area (Å²) in [6, 6.07) is 6.10. The Hall–Kier alpha value is -1.59. The van der Waals surface area contributed by atoms with Gasteiger partial charge in [-0.25, -0.2) is 0 Å². The first-order valence-corrected chi connectivity index (χ1v) is 8.50. The fourth-order valence-corrected chi connectivity index (χ4v) is 4.71. The van der Waals surface area contributed by atoms with Gasteiger partial charge in [-0.3, -0.25) is 9.59 Å². The van der Waals surface area contributed by atoms with Crippen molar-refractivity contribution in [2.24, 2.45) is 5.73 Å². The summed E-state index contributed by atoms with van der Waals surface area (Å²) >= 11 is 1.64. The minimum Gasteiger partial charge on any atom is -0.508 e. The molecule has 1 aliphatic heterocycles. The predicted octanol–water partition coefficient (Wildman–Crippen LogP) is 2.80. The zero-order valence-electron chi connectivity index (χ0n) is 12.2. The maximum Gasteiger partial charge on any atom is 0.170 e. The number of fused-ring (bicyclic) bond motifs is 1. The SMILES string of the molecule is NC1SC2CCCCC2=C1C(=O)CC(=O)c1cccc(O)c1. The van der Waals surface area contributed by atoms with Crippen LogP contribution in [0.15, 0.2) is 35.4 Å². The number of nitrogens with two attached hydrogens (primary N) is 1. The van der Waals surface area contributed by atoms with E-state index in [2.05, 4.69) is 0 Å². The largest absolute Gasteiger partial charge is 0.508 e. The standard InChI is InChI=1S/C17H19NO3S/c18-17-16(12-6-1-2-7-15(12)22-17)14(21)9-13(20)10-4-3-5-11(19)8-10/h3-5,8,15,17,19H,1-2,6-7,9,18H2. The van der Waals surface area contributed by atoms with Crippen LogP contribution in [0, 0.1) is 0 Å². The van der Waals surface area contributed by atoms with Crippen LogP contribution in [0.4, 0.5) is 0 Å². The van der Waals surface area contributed by atoms with E-state index in [1.54, 1.807) is 23.9 Å². The molecule has 2 atom stereocenters. The Morgan fingerprint density at radius 3 is 2.86 bits per heavy atom. The number of carbonyl (C=O) groups excluding carboxylic acids is 2. The zero-order chi connectivity index (χ0) is 15.7. The van der Waals surface area contributed by atoms with Crippen LogP contribution in [0.25, 0.3) is 0 Å². The van der Waals surface area contributed by atoms with Crippen molar-refractivity contribution in [2.45, 2.75) is 42.7 Å². The molecule has 0 spiro atoms. The lowest BCUT2D eigenvalue weighted by Crippen LogP contribution is -2.23. The minimum atomic E-state index is -0.303. The minimum absolute atomic E-state index is 0.0285. The van der Waals surface area contributed by atoms with Crippen molar-refractivity contribution in [1.82, 2.24) is 0 Å². The number of rotatable bonds is 4. The Kier molecular flexibility index (Phi) is 4.36. The molecular weight excluding hydrogens is 298 g/mol. The highest BCUT2D eigenvalue weighted by Gasteiger charge is 2.37. The Bertz CT molecular complexity index is 653. The van der Waals surface area contributed by atoms with E-state index in [4.69, 9.17) is 5.73 Å². The number of ketones is 2. The highest BCUT2D eigenvalue weighted by Crippen LogP contribution is 2.44. The van der Waals surface area contributed by atoms with Gasteiger partial charge in [0.2, 0.25) is 0 Å². The molecule has 1 fully saturated rings. The van der Waals surface area contributed by atoms with Crippen LogP contribution < -0.4 is 5.73 Å². The van der Waals surface area contributed by atoms with Gasteiger partial charge < -0.3 is 10.8 Å². The van der Waals surface area contributed by atoms with Gasteiger partial charge in [-0.2, -0.15) is 0 Å². The van der Waals surface area contributed by atoms with Crippen molar-refractivity contribution in [3.05, 3.63) is 41.0 Å². The number of phenols is 1. The predicted molar refractivity (Wildman–Crippen MR) is 86.9 cm³/mol. The highest BCUT2D eigenvalue weighted by molar-refractivity contribution is 8.01. The van der Waals surface area contributed by atoms with E-state index in [1.165, 1.54) is 18.6 Å². The van der Waals surface area contributed by atoms with Crippen LogP contribution in [0.3, 0.4) is 0 Å². The van der Waals surface area contributed by atoms with E-state index in [-0.39, 0.29) is 29.1 Å². The smallest absolute Gasteiger partial charge is 0.170 e. The second-order valence-corrected chi connectivity index (χ2v) is 7.15. The van der Waals surface area contributed by atoms with Gasteiger partial charge in [-0.15, -0.1) is 11.8 Å². The summed E-state index contributed by atoms with van der Waals surface area (Å²) in [5, 5.41) is 9.49. The molecule has 0 radical (unpaired) electrons. The van der Waals surface area contributed by atoms with Gasteiger partial charge in [0.05, 0.1) is 11.8 Å². The maximum atomic E-state index is 12.5. The molecule has 1 aromatic rings. The molecule has 5 heteroatoms. The van der Waals surface area contributed by atoms with Crippen LogP contribution in [0.5, 0.6) is 5.75 Å². The van der Waals surface area contributed by atoms with Gasteiger partial charge in [0, 0.05) is 16.4 Å². The normalized spacial score (nSPS) is 24.2. The van der Waals surface area contributed by atoms with Crippen molar-refractivity contribution < 1.29 is 14.7 Å². The van der Waals surface area contributed by atoms with Crippen LogP contribution in [0.2, 0.25) is 0 Å². The Balaban J connectivity index is 1.78. The number of carbonyl (C=O) groups is 2. The van der Waals surface area contributed by atoms with Gasteiger partial charge in [0.1, 0.15) is 5.75 Å². The van der Waals surface area contributed by atoms with Crippen LogP contribution >= 0.6 is 11.8 Å². The average Bonchev–Trinajstić information content (AvgIpc) is 2.83. The summed E-state index contributed by atoms with van der Waals surface area (Å²) in [5.41, 5.74) is 8.30. The molecule has 0 aromatic heterocycles. The number of Topliss-reactive ketones (excluding diaryl/α,β-unsaturated/α-hetero) is 2. The van der Waals surface area contributed by atoms with Crippen molar-refractivity contribution >= 4 is 23.3 Å². The fourth-order valence-electron chi connectivity index (χ4n) is 3.23. The lowest BCUT2D eigenvalue weighted by Gasteiger charge is -2.19. The lowest BCUT2D eigenvalue weighted by molar-refractivity contribution is -0.114. The van der Waals surface area contributed by atoms with Gasteiger partial charge in [-0.1, -0.05) is 18.6 Å². The van der Waals surface area contributed by atoms with Crippen LogP contribution in [0.1, 0.15) is 42.5 Å². The molecule has 1 heterocycles. The van der Waals surface area contributed by atoms with E-state index in [0.717, 1.165) is 24.8 Å². The van der Waals surface area contributed by atoms with Gasteiger partial charge in [0.25, 0.3) is 0 Å². The molecule has 0 bridgehead atoms. The third kappa shape index (κ3) is 2.96. The molecule has 2 aliphatic rings. The average molecular weight is 317 g/mol. The lowest BCUT2D eigenvalue weighted by atomic mass is 9.88. The van der Waals surface area contributed by atoms with E-state index in [9.17, 15) is 14.7 Å². The fraction of sp³-hybridized carbons (Fsp3) is 0.412. The molecule has 0 saturated heterocycles. The second kappa shape index (κ2) is 6.26. The molecule has 1 aromatic carbocycles. The number of benzene rings is 1. The molecule has 22 heavy (non-hydrogen) atoms. The molecule has 116 valence electrons. The number of hydrogen-bond donors (Lipinski definition) is 2. The number of phenolic OH excluding ortho intramolecular Hbond substituents is 1. The molecule has 1 saturated carbocycles. The maximum absolute atomic E-state index is 12.5. The molecule has 2 unspecified atom stereocenters. The van der Waals surface area contributed by atoms with Gasteiger partial charge >= 0.3 is 0 Å². The second-order valence-electron chi connectivity index (χ2n) is 5.80. The quantitative estimate of drug-likeness (QED) is 0.659.